The summed E-state index contributed by atoms with van der Waals surface area (Å²) in [6, 6.07) is 15.1. The van der Waals surface area contributed by atoms with Crippen molar-refractivity contribution in [3.63, 3.8) is 0 Å². The Labute approximate surface area is 194 Å². The van der Waals surface area contributed by atoms with E-state index in [-0.39, 0.29) is 23.2 Å². The highest BCUT2D eigenvalue weighted by Crippen LogP contribution is 2.32. The molecule has 3 aromatic rings. The molecule has 1 amide bonds. The molecule has 0 radical (unpaired) electrons. The van der Waals surface area contributed by atoms with E-state index >= 15 is 0 Å². The van der Waals surface area contributed by atoms with Crippen LogP contribution in [-0.4, -0.2) is 31.2 Å². The minimum absolute atomic E-state index is 0.129. The van der Waals surface area contributed by atoms with Crippen molar-refractivity contribution in [3.05, 3.63) is 76.4 Å². The lowest BCUT2D eigenvalue weighted by atomic mass is 10.2. The highest BCUT2D eigenvalue weighted by molar-refractivity contribution is 7.91. The minimum atomic E-state index is -3.78. The Morgan fingerprint density at radius 2 is 1.91 bits per heavy atom. The SMILES string of the molecule is O=C(NCc1cccc(Oc2cccc(F)c2)c1)[C@@H]1CCCN1S(=O)(=O)c1ccc(Cl)s1. The highest BCUT2D eigenvalue weighted by Gasteiger charge is 2.40. The van der Waals surface area contributed by atoms with E-state index in [0.29, 0.717) is 28.7 Å². The van der Waals surface area contributed by atoms with Gasteiger partial charge in [0.15, 0.2) is 0 Å². The van der Waals surface area contributed by atoms with Crippen molar-refractivity contribution >= 4 is 38.9 Å². The monoisotopic (exact) mass is 494 g/mol. The topological polar surface area (TPSA) is 75.7 Å². The number of carbonyl (C=O) groups is 1. The molecule has 168 valence electrons. The molecule has 0 saturated carbocycles. The Kier molecular flexibility index (Phi) is 6.80. The van der Waals surface area contributed by atoms with E-state index < -0.39 is 21.9 Å². The Bertz CT molecular complexity index is 1230. The molecule has 2 aromatic carbocycles. The zero-order valence-electron chi connectivity index (χ0n) is 16.8. The molecule has 4 rings (SSSR count). The first-order valence-corrected chi connectivity index (χ1v) is 12.5. The van der Waals surface area contributed by atoms with Crippen LogP contribution in [0.3, 0.4) is 0 Å². The van der Waals surface area contributed by atoms with Crippen LogP contribution in [0.2, 0.25) is 4.34 Å². The molecule has 10 heteroatoms. The Morgan fingerprint density at radius 1 is 1.16 bits per heavy atom. The zero-order chi connectivity index (χ0) is 22.7. The summed E-state index contributed by atoms with van der Waals surface area (Å²) < 4.78 is 46.6. The maximum atomic E-state index is 13.4. The predicted octanol–water partition coefficient (Wildman–Crippen LogP) is 4.80. The minimum Gasteiger partial charge on any atom is -0.457 e. The lowest BCUT2D eigenvalue weighted by molar-refractivity contribution is -0.124. The first-order valence-electron chi connectivity index (χ1n) is 9.90. The Hall–Kier alpha value is -2.46. The van der Waals surface area contributed by atoms with E-state index in [4.69, 9.17) is 16.3 Å². The summed E-state index contributed by atoms with van der Waals surface area (Å²) in [5, 5.41) is 2.82. The number of carbonyl (C=O) groups excluding carboxylic acids is 1. The van der Waals surface area contributed by atoms with Gasteiger partial charge in [-0.2, -0.15) is 4.31 Å². The van der Waals surface area contributed by atoms with E-state index in [0.717, 1.165) is 16.9 Å². The number of benzene rings is 2. The van der Waals surface area contributed by atoms with Crippen molar-refractivity contribution < 1.29 is 22.3 Å². The van der Waals surface area contributed by atoms with Gasteiger partial charge < -0.3 is 10.1 Å². The largest absolute Gasteiger partial charge is 0.457 e. The van der Waals surface area contributed by atoms with Crippen LogP contribution in [0.4, 0.5) is 4.39 Å². The number of nitrogens with one attached hydrogen (secondary N) is 1. The molecule has 32 heavy (non-hydrogen) atoms. The van der Waals surface area contributed by atoms with Crippen LogP contribution in [0.15, 0.2) is 64.9 Å². The summed E-state index contributed by atoms with van der Waals surface area (Å²) >= 11 is 6.86. The zero-order valence-corrected chi connectivity index (χ0v) is 19.2. The molecule has 0 aliphatic carbocycles. The van der Waals surface area contributed by atoms with Crippen molar-refractivity contribution in [3.8, 4) is 11.5 Å². The maximum Gasteiger partial charge on any atom is 0.253 e. The summed E-state index contributed by atoms with van der Waals surface area (Å²) in [7, 11) is -3.78. The number of ether oxygens (including phenoxy) is 1. The molecule has 0 bridgehead atoms. The van der Waals surface area contributed by atoms with Crippen molar-refractivity contribution in [1.82, 2.24) is 9.62 Å². The number of amides is 1. The summed E-state index contributed by atoms with van der Waals surface area (Å²) in [6.45, 7) is 0.487. The first kappa shape index (κ1) is 22.7. The van der Waals surface area contributed by atoms with Gasteiger partial charge in [0, 0.05) is 19.2 Å². The number of halogens is 2. The third kappa shape index (κ3) is 5.12. The van der Waals surface area contributed by atoms with E-state index in [1.54, 1.807) is 30.3 Å². The second kappa shape index (κ2) is 9.58. The van der Waals surface area contributed by atoms with Gasteiger partial charge in [-0.1, -0.05) is 29.8 Å². The van der Waals surface area contributed by atoms with E-state index in [9.17, 15) is 17.6 Å². The standard InChI is InChI=1S/C22H20ClFN2O4S2/c23-20-9-10-21(31-20)32(28,29)26-11-3-8-19(26)22(27)25-14-15-4-1-6-17(12-15)30-18-7-2-5-16(24)13-18/h1-2,4-7,9-10,12-13,19H,3,8,11,14H2,(H,25,27)/t19-/m0/s1. The molecule has 2 heterocycles. The van der Waals surface area contributed by atoms with Gasteiger partial charge in [0.1, 0.15) is 27.6 Å². The van der Waals surface area contributed by atoms with Crippen LogP contribution < -0.4 is 10.1 Å². The van der Waals surface area contributed by atoms with Gasteiger partial charge in [-0.25, -0.2) is 12.8 Å². The molecule has 1 aliphatic heterocycles. The average Bonchev–Trinajstić information content (AvgIpc) is 3.42. The molecule has 0 spiro atoms. The molecule has 1 fully saturated rings. The third-order valence-electron chi connectivity index (χ3n) is 5.01. The van der Waals surface area contributed by atoms with Crippen molar-refractivity contribution in [2.24, 2.45) is 0 Å². The first-order chi connectivity index (χ1) is 15.3. The fraction of sp³-hybridized carbons (Fsp3) is 0.227. The number of rotatable bonds is 7. The number of sulfonamides is 1. The number of hydrogen-bond acceptors (Lipinski definition) is 5. The number of nitrogens with zero attached hydrogens (tertiary/aromatic N) is 1. The average molecular weight is 495 g/mol. The van der Waals surface area contributed by atoms with Crippen LogP contribution in [0.1, 0.15) is 18.4 Å². The smallest absolute Gasteiger partial charge is 0.253 e. The number of thiophene rings is 1. The lowest BCUT2D eigenvalue weighted by Crippen LogP contribution is -2.45. The van der Waals surface area contributed by atoms with Gasteiger partial charge in [-0.15, -0.1) is 11.3 Å². The van der Waals surface area contributed by atoms with Crippen LogP contribution in [0, 0.1) is 5.82 Å². The van der Waals surface area contributed by atoms with Crippen molar-refractivity contribution in [1.29, 1.82) is 0 Å². The van der Waals surface area contributed by atoms with Gasteiger partial charge in [0.05, 0.1) is 4.34 Å². The summed E-state index contributed by atoms with van der Waals surface area (Å²) in [6.07, 6.45) is 1.06. The molecular weight excluding hydrogens is 475 g/mol. The van der Waals surface area contributed by atoms with E-state index in [1.807, 2.05) is 6.07 Å². The van der Waals surface area contributed by atoms with Gasteiger partial charge in [-0.3, -0.25) is 4.79 Å². The highest BCUT2D eigenvalue weighted by atomic mass is 35.5. The summed E-state index contributed by atoms with van der Waals surface area (Å²) in [5.41, 5.74) is 0.768. The van der Waals surface area contributed by atoms with Crippen LogP contribution in [0.5, 0.6) is 11.5 Å². The van der Waals surface area contributed by atoms with Crippen LogP contribution >= 0.6 is 22.9 Å². The lowest BCUT2D eigenvalue weighted by Gasteiger charge is -2.22. The van der Waals surface area contributed by atoms with Crippen LogP contribution in [-0.2, 0) is 21.4 Å². The van der Waals surface area contributed by atoms with Crippen molar-refractivity contribution in [2.75, 3.05) is 6.54 Å². The Balaban J connectivity index is 1.41. The molecular formula is C22H20ClFN2O4S2. The van der Waals surface area contributed by atoms with E-state index in [2.05, 4.69) is 5.32 Å². The van der Waals surface area contributed by atoms with Gasteiger partial charge in [0.25, 0.3) is 10.0 Å². The molecule has 0 unspecified atom stereocenters. The molecule has 1 N–H and O–H groups in total. The molecule has 1 aliphatic rings. The number of hydrogen-bond donors (Lipinski definition) is 1. The fourth-order valence-corrected chi connectivity index (χ4v) is 6.80. The fourth-order valence-electron chi connectivity index (χ4n) is 3.53. The molecule has 6 nitrogen and oxygen atoms in total. The predicted molar refractivity (Wildman–Crippen MR) is 121 cm³/mol. The molecule has 1 aromatic heterocycles. The molecule has 1 saturated heterocycles. The quantitative estimate of drug-likeness (QED) is 0.512. The summed E-state index contributed by atoms with van der Waals surface area (Å²) in [5.74, 6) is 0.116. The maximum absolute atomic E-state index is 13.4. The van der Waals surface area contributed by atoms with Gasteiger partial charge in [-0.05, 0) is 54.8 Å². The van der Waals surface area contributed by atoms with E-state index in [1.165, 1.54) is 28.6 Å². The Morgan fingerprint density at radius 3 is 2.62 bits per heavy atom. The second-order valence-corrected chi connectivity index (χ2v) is 11.1. The summed E-state index contributed by atoms with van der Waals surface area (Å²) in [4.78, 5) is 12.8. The van der Waals surface area contributed by atoms with Crippen molar-refractivity contribution in [2.45, 2.75) is 29.6 Å². The molecule has 1 atom stereocenters. The van der Waals surface area contributed by atoms with Gasteiger partial charge >= 0.3 is 0 Å². The van der Waals surface area contributed by atoms with Crippen LogP contribution in [0.25, 0.3) is 0 Å². The third-order valence-corrected chi connectivity index (χ3v) is 8.62. The second-order valence-electron chi connectivity index (χ2n) is 7.26. The van der Waals surface area contributed by atoms with Gasteiger partial charge in [0.2, 0.25) is 5.91 Å². The normalized spacial score (nSPS) is 16.8.